The number of nitrogens with one attached hydrogen (secondary N) is 1. The van der Waals surface area contributed by atoms with E-state index in [-0.39, 0.29) is 12.5 Å². The molecule has 0 atom stereocenters. The minimum Gasteiger partial charge on any atom is -0.482 e. The van der Waals surface area contributed by atoms with Gasteiger partial charge in [-0.15, -0.1) is 11.3 Å². The van der Waals surface area contributed by atoms with Crippen LogP contribution in [-0.2, 0) is 17.8 Å². The SMILES string of the molecule is CCc1sc(C(=O)NCc2cccc(OCC(=O)O)c2)cc1C. The second-order valence-corrected chi connectivity index (χ2v) is 6.22. The van der Waals surface area contributed by atoms with Crippen molar-refractivity contribution in [2.75, 3.05) is 6.61 Å². The summed E-state index contributed by atoms with van der Waals surface area (Å²) >= 11 is 1.52. The van der Waals surface area contributed by atoms with Gasteiger partial charge in [-0.25, -0.2) is 4.79 Å². The number of carboxylic acids is 1. The first-order valence-electron chi connectivity index (χ1n) is 7.30. The first-order valence-corrected chi connectivity index (χ1v) is 8.12. The Morgan fingerprint density at radius 1 is 1.30 bits per heavy atom. The minimum atomic E-state index is -1.02. The quantitative estimate of drug-likeness (QED) is 0.817. The smallest absolute Gasteiger partial charge is 0.341 e. The van der Waals surface area contributed by atoms with Crippen LogP contribution in [-0.4, -0.2) is 23.6 Å². The fourth-order valence-electron chi connectivity index (χ4n) is 2.14. The fraction of sp³-hybridized carbons (Fsp3) is 0.294. The van der Waals surface area contributed by atoms with Crippen LogP contribution in [0.15, 0.2) is 30.3 Å². The highest BCUT2D eigenvalue weighted by atomic mass is 32.1. The van der Waals surface area contributed by atoms with Crippen molar-refractivity contribution in [2.24, 2.45) is 0 Å². The zero-order chi connectivity index (χ0) is 16.8. The second-order valence-electron chi connectivity index (χ2n) is 5.08. The highest BCUT2D eigenvalue weighted by molar-refractivity contribution is 7.14. The molecule has 0 radical (unpaired) electrons. The van der Waals surface area contributed by atoms with Crippen LogP contribution in [0, 0.1) is 6.92 Å². The number of carboxylic acid groups (broad SMARTS) is 1. The summed E-state index contributed by atoms with van der Waals surface area (Å²) in [6, 6.07) is 8.93. The van der Waals surface area contributed by atoms with E-state index in [1.54, 1.807) is 18.2 Å². The molecule has 0 spiro atoms. The molecular weight excluding hydrogens is 314 g/mol. The van der Waals surface area contributed by atoms with E-state index in [1.807, 2.05) is 19.1 Å². The van der Waals surface area contributed by atoms with Gasteiger partial charge >= 0.3 is 5.97 Å². The van der Waals surface area contributed by atoms with Crippen molar-refractivity contribution >= 4 is 23.2 Å². The summed E-state index contributed by atoms with van der Waals surface area (Å²) < 4.78 is 5.12. The lowest BCUT2D eigenvalue weighted by Gasteiger charge is -2.07. The van der Waals surface area contributed by atoms with E-state index in [0.29, 0.717) is 17.2 Å². The van der Waals surface area contributed by atoms with Crippen LogP contribution in [0.25, 0.3) is 0 Å². The molecule has 23 heavy (non-hydrogen) atoms. The summed E-state index contributed by atoms with van der Waals surface area (Å²) in [5.74, 6) is -0.655. The van der Waals surface area contributed by atoms with Crippen LogP contribution >= 0.6 is 11.3 Å². The van der Waals surface area contributed by atoms with Crippen molar-refractivity contribution in [3.63, 3.8) is 0 Å². The fourth-order valence-corrected chi connectivity index (χ4v) is 3.17. The monoisotopic (exact) mass is 333 g/mol. The maximum absolute atomic E-state index is 12.2. The van der Waals surface area contributed by atoms with Gasteiger partial charge < -0.3 is 15.2 Å². The Bertz CT molecular complexity index is 708. The summed E-state index contributed by atoms with van der Waals surface area (Å²) in [5.41, 5.74) is 2.00. The Labute approximate surface area is 138 Å². The molecule has 5 nitrogen and oxygen atoms in total. The van der Waals surface area contributed by atoms with E-state index in [9.17, 15) is 9.59 Å². The normalized spacial score (nSPS) is 10.3. The summed E-state index contributed by atoms with van der Waals surface area (Å²) in [6.45, 7) is 4.06. The zero-order valence-corrected chi connectivity index (χ0v) is 13.9. The standard InChI is InChI=1S/C17H19NO4S/c1-3-14-11(2)7-15(23-14)17(21)18-9-12-5-4-6-13(8-12)22-10-16(19)20/h4-8H,3,9-10H2,1-2H3,(H,18,21)(H,19,20). The van der Waals surface area contributed by atoms with Gasteiger partial charge in [0.15, 0.2) is 6.61 Å². The zero-order valence-electron chi connectivity index (χ0n) is 13.1. The number of aliphatic carboxylic acids is 1. The molecule has 0 saturated heterocycles. The van der Waals surface area contributed by atoms with Crippen molar-refractivity contribution in [2.45, 2.75) is 26.8 Å². The Balaban J connectivity index is 1.95. The predicted molar refractivity (Wildman–Crippen MR) is 89.2 cm³/mol. The highest BCUT2D eigenvalue weighted by Gasteiger charge is 2.11. The number of carbonyl (C=O) groups excluding carboxylic acids is 1. The van der Waals surface area contributed by atoms with Crippen LogP contribution in [0.4, 0.5) is 0 Å². The van der Waals surface area contributed by atoms with Gasteiger partial charge in [0.2, 0.25) is 0 Å². The van der Waals surface area contributed by atoms with E-state index in [4.69, 9.17) is 9.84 Å². The third kappa shape index (κ3) is 4.82. The summed E-state index contributed by atoms with van der Waals surface area (Å²) in [6.07, 6.45) is 0.923. The lowest BCUT2D eigenvalue weighted by Crippen LogP contribution is -2.21. The average Bonchev–Trinajstić information content (AvgIpc) is 2.92. The molecule has 6 heteroatoms. The van der Waals surface area contributed by atoms with Crippen molar-refractivity contribution in [3.8, 4) is 5.75 Å². The highest BCUT2D eigenvalue weighted by Crippen LogP contribution is 2.22. The van der Waals surface area contributed by atoms with E-state index in [1.165, 1.54) is 16.2 Å². The number of benzene rings is 1. The third-order valence-corrected chi connectivity index (χ3v) is 4.66. The van der Waals surface area contributed by atoms with E-state index < -0.39 is 5.97 Å². The number of thiophene rings is 1. The molecular formula is C17H19NO4S. The van der Waals surface area contributed by atoms with Crippen LogP contribution in [0.1, 0.15) is 32.6 Å². The largest absolute Gasteiger partial charge is 0.482 e. The molecule has 1 aromatic heterocycles. The molecule has 0 aliphatic heterocycles. The molecule has 0 aliphatic carbocycles. The lowest BCUT2D eigenvalue weighted by atomic mass is 10.2. The van der Waals surface area contributed by atoms with Gasteiger partial charge in [0.05, 0.1) is 4.88 Å². The van der Waals surface area contributed by atoms with Crippen molar-refractivity contribution in [1.82, 2.24) is 5.32 Å². The first-order chi connectivity index (χ1) is 11.0. The van der Waals surface area contributed by atoms with Gasteiger partial charge in [-0.05, 0) is 42.7 Å². The van der Waals surface area contributed by atoms with Crippen molar-refractivity contribution < 1.29 is 19.4 Å². The van der Waals surface area contributed by atoms with E-state index >= 15 is 0 Å². The molecule has 2 N–H and O–H groups in total. The summed E-state index contributed by atoms with van der Waals surface area (Å²) in [5, 5.41) is 11.5. The molecule has 0 saturated carbocycles. The molecule has 0 aliphatic rings. The predicted octanol–water partition coefficient (Wildman–Crippen LogP) is 3.01. The van der Waals surface area contributed by atoms with E-state index in [0.717, 1.165) is 17.5 Å². The molecule has 2 rings (SSSR count). The lowest BCUT2D eigenvalue weighted by molar-refractivity contribution is -0.139. The molecule has 0 unspecified atom stereocenters. The molecule has 0 fully saturated rings. The van der Waals surface area contributed by atoms with Crippen molar-refractivity contribution in [1.29, 1.82) is 0 Å². The number of ether oxygens (including phenoxy) is 1. The van der Waals surface area contributed by atoms with Gasteiger partial charge in [-0.3, -0.25) is 4.79 Å². The number of amides is 1. The number of aryl methyl sites for hydroxylation is 2. The Hall–Kier alpha value is -2.34. The average molecular weight is 333 g/mol. The molecule has 2 aromatic rings. The van der Waals surface area contributed by atoms with E-state index in [2.05, 4.69) is 12.2 Å². The van der Waals surface area contributed by atoms with Crippen molar-refractivity contribution in [3.05, 3.63) is 51.2 Å². The van der Waals surface area contributed by atoms with Gasteiger partial charge in [-0.2, -0.15) is 0 Å². The van der Waals surface area contributed by atoms with Crippen LogP contribution < -0.4 is 10.1 Å². The Morgan fingerprint density at radius 3 is 2.74 bits per heavy atom. The number of hydrogen-bond acceptors (Lipinski definition) is 4. The van der Waals surface area contributed by atoms with Crippen LogP contribution in [0.3, 0.4) is 0 Å². The Morgan fingerprint density at radius 2 is 2.09 bits per heavy atom. The van der Waals surface area contributed by atoms with Gasteiger partial charge in [0, 0.05) is 11.4 Å². The van der Waals surface area contributed by atoms with Crippen LogP contribution in [0.5, 0.6) is 5.75 Å². The second kappa shape index (κ2) is 7.78. The summed E-state index contributed by atoms with van der Waals surface area (Å²) in [4.78, 5) is 24.6. The van der Waals surface area contributed by atoms with Gasteiger partial charge in [-0.1, -0.05) is 19.1 Å². The topological polar surface area (TPSA) is 75.6 Å². The molecule has 1 heterocycles. The minimum absolute atomic E-state index is 0.102. The van der Waals surface area contributed by atoms with Gasteiger partial charge in [0.1, 0.15) is 5.75 Å². The summed E-state index contributed by atoms with van der Waals surface area (Å²) in [7, 11) is 0. The maximum atomic E-state index is 12.2. The maximum Gasteiger partial charge on any atom is 0.341 e. The molecule has 1 aromatic carbocycles. The third-order valence-electron chi connectivity index (χ3n) is 3.28. The molecule has 1 amide bonds. The van der Waals surface area contributed by atoms with Crippen LogP contribution in [0.2, 0.25) is 0 Å². The number of rotatable bonds is 7. The molecule has 122 valence electrons. The molecule has 0 bridgehead atoms. The Kier molecular flexibility index (Phi) is 5.76. The van der Waals surface area contributed by atoms with Gasteiger partial charge in [0.25, 0.3) is 5.91 Å². The first kappa shape index (κ1) is 17.0. The number of hydrogen-bond donors (Lipinski definition) is 2. The number of carbonyl (C=O) groups is 2.